The lowest BCUT2D eigenvalue weighted by atomic mass is 10.4. The molecule has 2 rings (SSSR count). The molecule has 2 aromatic heterocycles. The monoisotopic (exact) mass is 265 g/mol. The Morgan fingerprint density at radius 1 is 1.56 bits per heavy atom. The van der Waals surface area contributed by atoms with Crippen LogP contribution in [0.15, 0.2) is 28.2 Å². The van der Waals surface area contributed by atoms with E-state index >= 15 is 0 Å². The average Bonchev–Trinajstić information content (AvgIpc) is 3.03. The molecule has 18 heavy (non-hydrogen) atoms. The predicted molar refractivity (Wildman–Crippen MR) is 70.2 cm³/mol. The van der Waals surface area contributed by atoms with Gasteiger partial charge in [-0.1, -0.05) is 0 Å². The Morgan fingerprint density at radius 3 is 3.17 bits per heavy atom. The van der Waals surface area contributed by atoms with Crippen molar-refractivity contribution >= 4 is 17.2 Å². The van der Waals surface area contributed by atoms with Crippen molar-refractivity contribution in [3.8, 4) is 10.8 Å². The topological polar surface area (TPSA) is 67.2 Å². The second-order valence-electron chi connectivity index (χ2n) is 3.75. The van der Waals surface area contributed by atoms with Gasteiger partial charge in [-0.25, -0.2) is 4.98 Å². The summed E-state index contributed by atoms with van der Waals surface area (Å²) >= 11 is 1.51. The van der Waals surface area contributed by atoms with E-state index in [9.17, 15) is 4.79 Å². The summed E-state index contributed by atoms with van der Waals surface area (Å²) in [4.78, 5) is 15.8. The number of nitrogens with zero attached hydrogens (tertiary/aromatic N) is 1. The molecule has 0 atom stereocenters. The zero-order valence-corrected chi connectivity index (χ0v) is 10.9. The standard InChI is InChI=1S/C12H15N3O2S/c1-13-5-4-11(16)14-7-9-8-18-12(15-9)10-3-2-6-17-10/h2-3,6,8,13H,4-5,7H2,1H3,(H,14,16). The van der Waals surface area contributed by atoms with Crippen molar-refractivity contribution < 1.29 is 9.21 Å². The lowest BCUT2D eigenvalue weighted by Gasteiger charge is -2.02. The molecule has 0 fully saturated rings. The fourth-order valence-electron chi connectivity index (χ4n) is 1.42. The van der Waals surface area contributed by atoms with Crippen LogP contribution in [0.2, 0.25) is 0 Å². The predicted octanol–water partition coefficient (Wildman–Crippen LogP) is 1.63. The molecule has 0 aromatic carbocycles. The SMILES string of the molecule is CNCCC(=O)NCc1csc(-c2ccco2)n1. The molecule has 0 aliphatic heterocycles. The molecule has 0 saturated heterocycles. The number of hydrogen-bond donors (Lipinski definition) is 2. The number of carbonyl (C=O) groups excluding carboxylic acids is 1. The van der Waals surface area contributed by atoms with E-state index in [1.807, 2.05) is 24.6 Å². The number of hydrogen-bond acceptors (Lipinski definition) is 5. The lowest BCUT2D eigenvalue weighted by molar-refractivity contribution is -0.121. The molecule has 96 valence electrons. The third-order valence-corrected chi connectivity index (χ3v) is 3.26. The number of furan rings is 1. The molecule has 0 saturated carbocycles. The zero-order valence-electron chi connectivity index (χ0n) is 10.1. The third kappa shape index (κ3) is 3.41. The Balaban J connectivity index is 1.86. The van der Waals surface area contributed by atoms with Gasteiger partial charge in [0.2, 0.25) is 5.91 Å². The highest BCUT2D eigenvalue weighted by Gasteiger charge is 2.07. The highest BCUT2D eigenvalue weighted by molar-refractivity contribution is 7.13. The van der Waals surface area contributed by atoms with Gasteiger partial charge in [-0.05, 0) is 19.2 Å². The van der Waals surface area contributed by atoms with Crippen molar-refractivity contribution in [2.24, 2.45) is 0 Å². The van der Waals surface area contributed by atoms with E-state index in [2.05, 4.69) is 15.6 Å². The van der Waals surface area contributed by atoms with E-state index in [1.165, 1.54) is 11.3 Å². The highest BCUT2D eigenvalue weighted by Crippen LogP contribution is 2.23. The maximum Gasteiger partial charge on any atom is 0.221 e. The van der Waals surface area contributed by atoms with Crippen molar-refractivity contribution in [3.63, 3.8) is 0 Å². The first-order valence-corrected chi connectivity index (χ1v) is 6.57. The largest absolute Gasteiger partial charge is 0.462 e. The molecule has 2 N–H and O–H groups in total. The number of amides is 1. The summed E-state index contributed by atoms with van der Waals surface area (Å²) in [6.07, 6.45) is 2.10. The van der Waals surface area contributed by atoms with Gasteiger partial charge in [-0.15, -0.1) is 11.3 Å². The minimum atomic E-state index is 0.0249. The number of rotatable bonds is 6. The van der Waals surface area contributed by atoms with Crippen LogP contribution in [0.5, 0.6) is 0 Å². The van der Waals surface area contributed by atoms with Gasteiger partial charge in [0.1, 0.15) is 0 Å². The first-order chi connectivity index (χ1) is 8.79. The lowest BCUT2D eigenvalue weighted by Crippen LogP contribution is -2.26. The molecule has 2 aromatic rings. The normalized spacial score (nSPS) is 10.5. The first-order valence-electron chi connectivity index (χ1n) is 5.69. The minimum Gasteiger partial charge on any atom is -0.462 e. The fraction of sp³-hybridized carbons (Fsp3) is 0.333. The van der Waals surface area contributed by atoms with E-state index in [4.69, 9.17) is 4.42 Å². The van der Waals surface area contributed by atoms with Gasteiger partial charge in [0.25, 0.3) is 0 Å². The number of thiazole rings is 1. The van der Waals surface area contributed by atoms with Gasteiger partial charge in [-0.3, -0.25) is 4.79 Å². The summed E-state index contributed by atoms with van der Waals surface area (Å²) in [5.41, 5.74) is 0.851. The molecule has 6 heteroatoms. The number of carbonyl (C=O) groups is 1. The van der Waals surface area contributed by atoms with Crippen LogP contribution in [-0.2, 0) is 11.3 Å². The molecular formula is C12H15N3O2S. The van der Waals surface area contributed by atoms with Crippen LogP contribution in [0.4, 0.5) is 0 Å². The molecule has 0 spiro atoms. The summed E-state index contributed by atoms with van der Waals surface area (Å²) in [5.74, 6) is 0.782. The molecule has 0 unspecified atom stereocenters. The Morgan fingerprint density at radius 2 is 2.44 bits per heavy atom. The quantitative estimate of drug-likeness (QED) is 0.833. The molecule has 1 amide bonds. The van der Waals surface area contributed by atoms with Gasteiger partial charge >= 0.3 is 0 Å². The van der Waals surface area contributed by atoms with Crippen LogP contribution in [0.25, 0.3) is 10.8 Å². The van der Waals surface area contributed by atoms with Crippen molar-refractivity contribution in [1.29, 1.82) is 0 Å². The Hall–Kier alpha value is -1.66. The minimum absolute atomic E-state index is 0.0249. The van der Waals surface area contributed by atoms with Crippen molar-refractivity contribution in [2.45, 2.75) is 13.0 Å². The molecule has 0 aliphatic carbocycles. The van der Waals surface area contributed by atoms with Gasteiger partial charge in [0.15, 0.2) is 10.8 Å². The fourth-order valence-corrected chi connectivity index (χ4v) is 2.20. The molecule has 2 heterocycles. The van der Waals surface area contributed by atoms with Crippen LogP contribution in [-0.4, -0.2) is 24.5 Å². The molecule has 5 nitrogen and oxygen atoms in total. The van der Waals surface area contributed by atoms with Gasteiger partial charge < -0.3 is 15.1 Å². The van der Waals surface area contributed by atoms with Crippen molar-refractivity contribution in [3.05, 3.63) is 29.5 Å². The molecule has 0 radical (unpaired) electrons. The summed E-state index contributed by atoms with van der Waals surface area (Å²) in [6.45, 7) is 1.14. The van der Waals surface area contributed by atoms with Crippen LogP contribution < -0.4 is 10.6 Å². The van der Waals surface area contributed by atoms with E-state index in [-0.39, 0.29) is 5.91 Å². The van der Waals surface area contributed by atoms with Crippen LogP contribution in [0.3, 0.4) is 0 Å². The highest BCUT2D eigenvalue weighted by atomic mass is 32.1. The van der Waals surface area contributed by atoms with Crippen LogP contribution in [0.1, 0.15) is 12.1 Å². The van der Waals surface area contributed by atoms with Gasteiger partial charge in [0.05, 0.1) is 18.5 Å². The Kier molecular flexibility index (Phi) is 4.49. The number of nitrogens with one attached hydrogen (secondary N) is 2. The second-order valence-corrected chi connectivity index (χ2v) is 4.61. The third-order valence-electron chi connectivity index (χ3n) is 2.35. The van der Waals surface area contributed by atoms with Crippen molar-refractivity contribution in [1.82, 2.24) is 15.6 Å². The second kappa shape index (κ2) is 6.32. The number of aromatic nitrogens is 1. The van der Waals surface area contributed by atoms with Gasteiger partial charge in [0, 0.05) is 18.3 Å². The van der Waals surface area contributed by atoms with Crippen LogP contribution in [0, 0.1) is 0 Å². The first kappa shape index (κ1) is 12.8. The van der Waals surface area contributed by atoms with Gasteiger partial charge in [-0.2, -0.15) is 0 Å². The smallest absolute Gasteiger partial charge is 0.221 e. The van der Waals surface area contributed by atoms with Crippen LogP contribution >= 0.6 is 11.3 Å². The molecule has 0 bridgehead atoms. The summed E-state index contributed by atoms with van der Waals surface area (Å²) < 4.78 is 5.26. The van der Waals surface area contributed by atoms with Crippen molar-refractivity contribution in [2.75, 3.05) is 13.6 Å². The summed E-state index contributed by atoms with van der Waals surface area (Å²) in [7, 11) is 1.82. The Bertz CT molecular complexity index is 493. The zero-order chi connectivity index (χ0) is 12.8. The summed E-state index contributed by atoms with van der Waals surface area (Å²) in [5, 5.41) is 8.52. The Labute approximate surface area is 109 Å². The maximum absolute atomic E-state index is 11.4. The van der Waals surface area contributed by atoms with E-state index < -0.39 is 0 Å². The molecule has 0 aliphatic rings. The maximum atomic E-state index is 11.4. The average molecular weight is 265 g/mol. The van der Waals surface area contributed by atoms with E-state index in [0.717, 1.165) is 16.5 Å². The van der Waals surface area contributed by atoms with E-state index in [1.54, 1.807) is 6.26 Å². The van der Waals surface area contributed by atoms with E-state index in [0.29, 0.717) is 19.5 Å². The molecular weight excluding hydrogens is 250 g/mol. The summed E-state index contributed by atoms with van der Waals surface area (Å²) in [6, 6.07) is 3.70.